The Bertz CT molecular complexity index is 219. The second-order valence-electron chi connectivity index (χ2n) is 4.23. The molecule has 2 unspecified atom stereocenters. The summed E-state index contributed by atoms with van der Waals surface area (Å²) < 4.78 is 9.91. The van der Waals surface area contributed by atoms with Crippen molar-refractivity contribution in [3.8, 4) is 0 Å². The summed E-state index contributed by atoms with van der Waals surface area (Å²) in [5, 5.41) is 0. The molecular formula is C10H19NO3. The summed E-state index contributed by atoms with van der Waals surface area (Å²) in [6.07, 6.45) is 0.810. The molecule has 0 aliphatic carbocycles. The maximum absolute atomic E-state index is 11.4. The van der Waals surface area contributed by atoms with Gasteiger partial charge in [-0.3, -0.25) is 9.69 Å². The molecule has 4 heteroatoms. The fourth-order valence-electron chi connectivity index (χ4n) is 2.11. The number of rotatable bonds is 3. The van der Waals surface area contributed by atoms with Crippen LogP contribution in [-0.4, -0.2) is 50.8 Å². The van der Waals surface area contributed by atoms with Crippen LogP contribution in [0.5, 0.6) is 0 Å². The van der Waals surface area contributed by atoms with Gasteiger partial charge in [0.1, 0.15) is 0 Å². The molecule has 4 nitrogen and oxygen atoms in total. The molecule has 0 aromatic carbocycles. The topological polar surface area (TPSA) is 38.8 Å². The van der Waals surface area contributed by atoms with E-state index in [1.165, 1.54) is 7.11 Å². The van der Waals surface area contributed by atoms with Crippen molar-refractivity contribution < 1.29 is 14.3 Å². The van der Waals surface area contributed by atoms with Crippen LogP contribution in [0.3, 0.4) is 0 Å². The van der Waals surface area contributed by atoms with E-state index in [9.17, 15) is 4.79 Å². The molecule has 0 saturated carbocycles. The fraction of sp³-hybridized carbons (Fsp3) is 0.900. The third kappa shape index (κ3) is 2.07. The van der Waals surface area contributed by atoms with E-state index >= 15 is 0 Å². The zero-order valence-corrected chi connectivity index (χ0v) is 9.37. The first kappa shape index (κ1) is 11.5. The Hall–Kier alpha value is -0.610. The number of methoxy groups -OCH3 is 2. The molecule has 0 amide bonds. The number of likely N-dealkylation sites (N-methyl/N-ethyl adjacent to an activating group) is 1. The second kappa shape index (κ2) is 4.28. The molecule has 0 N–H and O–H groups in total. The Morgan fingerprint density at radius 1 is 1.57 bits per heavy atom. The molecule has 1 aliphatic heterocycles. The Balaban J connectivity index is 2.63. The van der Waals surface area contributed by atoms with Crippen LogP contribution in [0, 0.1) is 5.92 Å². The highest BCUT2D eigenvalue weighted by molar-refractivity contribution is 5.73. The Kier molecular flexibility index (Phi) is 3.50. The van der Waals surface area contributed by atoms with Crippen LogP contribution < -0.4 is 0 Å². The lowest BCUT2D eigenvalue weighted by Gasteiger charge is -2.30. The highest BCUT2D eigenvalue weighted by Crippen LogP contribution is 2.32. The van der Waals surface area contributed by atoms with E-state index in [-0.39, 0.29) is 17.4 Å². The highest BCUT2D eigenvalue weighted by Gasteiger charge is 2.43. The minimum Gasteiger partial charge on any atom is -0.469 e. The molecule has 14 heavy (non-hydrogen) atoms. The minimum atomic E-state index is -0.114. The van der Waals surface area contributed by atoms with Crippen LogP contribution in [0.1, 0.15) is 13.3 Å². The molecule has 82 valence electrons. The lowest BCUT2D eigenvalue weighted by molar-refractivity contribution is -0.145. The third-order valence-electron chi connectivity index (χ3n) is 3.09. The van der Waals surface area contributed by atoms with Crippen LogP contribution in [0.4, 0.5) is 0 Å². The lowest BCUT2D eigenvalue weighted by atomic mass is 9.95. The van der Waals surface area contributed by atoms with Gasteiger partial charge in [0.15, 0.2) is 0 Å². The van der Waals surface area contributed by atoms with Gasteiger partial charge in [0.25, 0.3) is 0 Å². The number of ether oxygens (including phenoxy) is 2. The molecular weight excluding hydrogens is 182 g/mol. The Labute approximate surface area is 85.2 Å². The van der Waals surface area contributed by atoms with Gasteiger partial charge in [0.05, 0.1) is 19.6 Å². The van der Waals surface area contributed by atoms with Crippen molar-refractivity contribution in [3.63, 3.8) is 0 Å². The van der Waals surface area contributed by atoms with Crippen molar-refractivity contribution in [1.29, 1.82) is 0 Å². The number of likely N-dealkylation sites (tertiary alicyclic amines) is 1. The summed E-state index contributed by atoms with van der Waals surface area (Å²) in [7, 11) is 5.14. The van der Waals surface area contributed by atoms with Crippen molar-refractivity contribution in [2.45, 2.75) is 18.9 Å². The van der Waals surface area contributed by atoms with Gasteiger partial charge in [0.2, 0.25) is 0 Å². The van der Waals surface area contributed by atoms with Gasteiger partial charge in [-0.05, 0) is 20.4 Å². The third-order valence-corrected chi connectivity index (χ3v) is 3.09. The average molecular weight is 201 g/mol. The van der Waals surface area contributed by atoms with Gasteiger partial charge < -0.3 is 9.47 Å². The Morgan fingerprint density at radius 2 is 2.21 bits per heavy atom. The number of carbonyl (C=O) groups is 1. The van der Waals surface area contributed by atoms with E-state index in [0.29, 0.717) is 6.61 Å². The molecule has 2 atom stereocenters. The minimum absolute atomic E-state index is 0.00912. The van der Waals surface area contributed by atoms with Crippen molar-refractivity contribution in [2.75, 3.05) is 34.4 Å². The summed E-state index contributed by atoms with van der Waals surface area (Å²) >= 11 is 0. The van der Waals surface area contributed by atoms with Crippen molar-refractivity contribution in [1.82, 2.24) is 4.90 Å². The first-order chi connectivity index (χ1) is 6.53. The van der Waals surface area contributed by atoms with Gasteiger partial charge in [-0.2, -0.15) is 0 Å². The first-order valence-corrected chi connectivity index (χ1v) is 4.81. The monoisotopic (exact) mass is 201 g/mol. The van der Waals surface area contributed by atoms with Crippen molar-refractivity contribution in [2.24, 2.45) is 5.92 Å². The van der Waals surface area contributed by atoms with Crippen molar-refractivity contribution in [3.05, 3.63) is 0 Å². The summed E-state index contributed by atoms with van der Waals surface area (Å²) in [6.45, 7) is 3.52. The van der Waals surface area contributed by atoms with Crippen LogP contribution in [-0.2, 0) is 14.3 Å². The number of carbonyl (C=O) groups excluding carboxylic acids is 1. The zero-order chi connectivity index (χ0) is 10.8. The quantitative estimate of drug-likeness (QED) is 0.624. The molecule has 1 rings (SSSR count). The SMILES string of the molecule is COCC1(C)CC(C(=O)OC)CN1C. The zero-order valence-electron chi connectivity index (χ0n) is 9.37. The lowest BCUT2D eigenvalue weighted by Crippen LogP contribution is -2.42. The van der Waals surface area contributed by atoms with E-state index in [1.54, 1.807) is 7.11 Å². The van der Waals surface area contributed by atoms with Crippen LogP contribution in [0.15, 0.2) is 0 Å². The van der Waals surface area contributed by atoms with Crippen molar-refractivity contribution >= 4 is 5.97 Å². The standard InChI is InChI=1S/C10H19NO3/c1-10(7-13-3)5-8(6-11(10)2)9(12)14-4/h8H,5-7H2,1-4H3. The normalized spacial score (nSPS) is 33.3. The number of hydrogen-bond acceptors (Lipinski definition) is 4. The molecule has 0 aromatic rings. The van der Waals surface area contributed by atoms with E-state index in [1.807, 2.05) is 7.05 Å². The maximum Gasteiger partial charge on any atom is 0.310 e. The van der Waals surface area contributed by atoms with E-state index < -0.39 is 0 Å². The largest absolute Gasteiger partial charge is 0.469 e. The van der Waals surface area contributed by atoms with Crippen LogP contribution in [0.2, 0.25) is 0 Å². The predicted octanol–water partition coefficient (Wildman–Crippen LogP) is 0.516. The summed E-state index contributed by atoms with van der Waals surface area (Å²) in [5.41, 5.74) is -0.0341. The summed E-state index contributed by atoms with van der Waals surface area (Å²) in [6, 6.07) is 0. The highest BCUT2D eigenvalue weighted by atomic mass is 16.5. The number of hydrogen-bond donors (Lipinski definition) is 0. The molecule has 0 aromatic heterocycles. The Morgan fingerprint density at radius 3 is 2.71 bits per heavy atom. The fourth-order valence-corrected chi connectivity index (χ4v) is 2.11. The van der Waals surface area contributed by atoms with E-state index in [0.717, 1.165) is 13.0 Å². The first-order valence-electron chi connectivity index (χ1n) is 4.81. The van der Waals surface area contributed by atoms with E-state index in [2.05, 4.69) is 11.8 Å². The molecule has 1 aliphatic rings. The maximum atomic E-state index is 11.4. The second-order valence-corrected chi connectivity index (χ2v) is 4.23. The van der Waals surface area contributed by atoms with E-state index in [4.69, 9.17) is 9.47 Å². The van der Waals surface area contributed by atoms with Crippen LogP contribution in [0.25, 0.3) is 0 Å². The van der Waals surface area contributed by atoms with Gasteiger partial charge >= 0.3 is 5.97 Å². The smallest absolute Gasteiger partial charge is 0.310 e. The molecule has 1 heterocycles. The molecule has 1 fully saturated rings. The van der Waals surface area contributed by atoms with Gasteiger partial charge in [-0.1, -0.05) is 0 Å². The number of esters is 1. The van der Waals surface area contributed by atoms with Gasteiger partial charge in [0, 0.05) is 19.2 Å². The molecule has 0 spiro atoms. The summed E-state index contributed by atoms with van der Waals surface area (Å²) in [4.78, 5) is 13.5. The van der Waals surface area contributed by atoms with Gasteiger partial charge in [-0.15, -0.1) is 0 Å². The molecule has 0 bridgehead atoms. The molecule has 0 radical (unpaired) electrons. The number of nitrogens with zero attached hydrogens (tertiary/aromatic N) is 1. The predicted molar refractivity (Wildman–Crippen MR) is 53.0 cm³/mol. The van der Waals surface area contributed by atoms with Crippen LogP contribution >= 0.6 is 0 Å². The molecule has 1 saturated heterocycles. The average Bonchev–Trinajstić information content (AvgIpc) is 2.43. The summed E-state index contributed by atoms with van der Waals surface area (Å²) in [5.74, 6) is -0.123. The van der Waals surface area contributed by atoms with Gasteiger partial charge in [-0.25, -0.2) is 0 Å².